The molecule has 1 saturated heterocycles. The smallest absolute Gasteiger partial charge is 0.269 e. The fraction of sp³-hybridized carbons (Fsp3) is 0.588. The lowest BCUT2D eigenvalue weighted by molar-refractivity contribution is -0.384. The van der Waals surface area contributed by atoms with Gasteiger partial charge in [0.2, 0.25) is 0 Å². The van der Waals surface area contributed by atoms with Crippen LogP contribution in [-0.2, 0) is 0 Å². The summed E-state index contributed by atoms with van der Waals surface area (Å²) in [6.45, 7) is 8.48. The van der Waals surface area contributed by atoms with Crippen LogP contribution in [0.2, 0.25) is 0 Å². The van der Waals surface area contributed by atoms with E-state index in [-0.39, 0.29) is 11.6 Å². The van der Waals surface area contributed by atoms with E-state index in [0.29, 0.717) is 12.1 Å². The molecule has 0 spiro atoms. The van der Waals surface area contributed by atoms with Crippen molar-refractivity contribution >= 4 is 11.6 Å². The minimum atomic E-state index is -0.470. The Hall–Kier alpha value is -1.95. The molecule has 0 bridgehead atoms. The van der Waals surface area contributed by atoms with Gasteiger partial charge in [-0.3, -0.25) is 14.9 Å². The Morgan fingerprint density at radius 1 is 1.26 bits per heavy atom. The van der Waals surface area contributed by atoms with Crippen LogP contribution in [0.5, 0.6) is 0 Å². The van der Waals surface area contributed by atoms with Gasteiger partial charge in [-0.1, -0.05) is 13.8 Å². The molecule has 1 aliphatic heterocycles. The van der Waals surface area contributed by atoms with Crippen LogP contribution in [0.4, 0.5) is 5.69 Å². The summed E-state index contributed by atoms with van der Waals surface area (Å²) in [6.07, 6.45) is 2.21. The molecule has 1 aliphatic rings. The number of nitrogens with zero attached hydrogens (tertiary/aromatic N) is 2. The number of hydrogen-bond acceptors (Lipinski definition) is 4. The molecular formula is C17H25N3O3. The van der Waals surface area contributed by atoms with Crippen LogP contribution in [-0.4, -0.2) is 41.9 Å². The number of nitrogens with one attached hydrogen (secondary N) is 1. The minimum absolute atomic E-state index is 0.00473. The fourth-order valence-corrected chi connectivity index (χ4v) is 3.32. The van der Waals surface area contributed by atoms with E-state index in [2.05, 4.69) is 24.1 Å². The first-order chi connectivity index (χ1) is 11.0. The lowest BCUT2D eigenvalue weighted by atomic mass is 9.92. The molecule has 0 saturated carbocycles. The first-order valence-electron chi connectivity index (χ1n) is 8.20. The number of rotatable bonds is 6. The highest BCUT2D eigenvalue weighted by Crippen LogP contribution is 2.20. The van der Waals surface area contributed by atoms with Crippen molar-refractivity contribution in [2.24, 2.45) is 11.8 Å². The topological polar surface area (TPSA) is 75.5 Å². The molecule has 23 heavy (non-hydrogen) atoms. The number of non-ortho nitro benzene ring substituents is 1. The van der Waals surface area contributed by atoms with Gasteiger partial charge >= 0.3 is 0 Å². The van der Waals surface area contributed by atoms with Crippen LogP contribution in [0.15, 0.2) is 24.3 Å². The number of likely N-dealkylation sites (tertiary alicyclic amines) is 1. The molecule has 2 rings (SSSR count). The Bertz CT molecular complexity index is 535. The zero-order valence-corrected chi connectivity index (χ0v) is 13.8. The Balaban J connectivity index is 1.71. The normalized spacial score (nSPS) is 21.8. The second-order valence-electron chi connectivity index (χ2n) is 6.62. The summed E-state index contributed by atoms with van der Waals surface area (Å²) in [7, 11) is 0. The monoisotopic (exact) mass is 319 g/mol. The van der Waals surface area contributed by atoms with E-state index >= 15 is 0 Å². The highest BCUT2D eigenvalue weighted by Gasteiger charge is 2.21. The average Bonchev–Trinajstić information content (AvgIpc) is 2.50. The van der Waals surface area contributed by atoms with E-state index in [1.807, 2.05) is 0 Å². The second kappa shape index (κ2) is 8.06. The predicted molar refractivity (Wildman–Crippen MR) is 89.4 cm³/mol. The standard InChI is InChI=1S/C17H25N3O3/c1-13-10-14(2)12-19(11-13)9-3-8-18-17(21)15-4-6-16(7-5-15)20(22)23/h4-7,13-14H,3,8-12H2,1-2H3,(H,18,21)/t13-,14+. The lowest BCUT2D eigenvalue weighted by Gasteiger charge is -2.34. The molecule has 126 valence electrons. The van der Waals surface area contributed by atoms with Gasteiger partial charge in [0, 0.05) is 37.3 Å². The van der Waals surface area contributed by atoms with Crippen LogP contribution >= 0.6 is 0 Å². The zero-order chi connectivity index (χ0) is 16.8. The summed E-state index contributed by atoms with van der Waals surface area (Å²) in [4.78, 5) is 24.6. The molecule has 6 heteroatoms. The van der Waals surface area contributed by atoms with E-state index in [0.717, 1.165) is 37.9 Å². The number of piperidine rings is 1. The van der Waals surface area contributed by atoms with Gasteiger partial charge in [0.05, 0.1) is 4.92 Å². The Labute approximate surface area is 137 Å². The quantitative estimate of drug-likeness (QED) is 0.497. The largest absolute Gasteiger partial charge is 0.352 e. The van der Waals surface area contributed by atoms with Crippen molar-refractivity contribution in [3.8, 4) is 0 Å². The first-order valence-corrected chi connectivity index (χ1v) is 8.20. The number of nitro benzene ring substituents is 1. The van der Waals surface area contributed by atoms with Crippen molar-refractivity contribution in [2.45, 2.75) is 26.7 Å². The maximum atomic E-state index is 12.0. The summed E-state index contributed by atoms with van der Waals surface area (Å²) in [5.74, 6) is 1.31. The van der Waals surface area contributed by atoms with E-state index in [9.17, 15) is 14.9 Å². The molecule has 1 aromatic rings. The number of nitro groups is 1. The van der Waals surface area contributed by atoms with Crippen LogP contribution in [0.1, 0.15) is 37.0 Å². The van der Waals surface area contributed by atoms with Gasteiger partial charge in [-0.2, -0.15) is 0 Å². The van der Waals surface area contributed by atoms with E-state index in [4.69, 9.17) is 0 Å². The second-order valence-corrected chi connectivity index (χ2v) is 6.62. The zero-order valence-electron chi connectivity index (χ0n) is 13.8. The van der Waals surface area contributed by atoms with Gasteiger partial charge in [0.25, 0.3) is 11.6 Å². The van der Waals surface area contributed by atoms with Gasteiger partial charge in [-0.25, -0.2) is 0 Å². The average molecular weight is 319 g/mol. The van der Waals surface area contributed by atoms with Gasteiger partial charge in [-0.15, -0.1) is 0 Å². The fourth-order valence-electron chi connectivity index (χ4n) is 3.32. The van der Waals surface area contributed by atoms with E-state index in [1.54, 1.807) is 0 Å². The minimum Gasteiger partial charge on any atom is -0.352 e. The van der Waals surface area contributed by atoms with Crippen LogP contribution in [0.25, 0.3) is 0 Å². The molecule has 1 heterocycles. The van der Waals surface area contributed by atoms with Crippen molar-refractivity contribution < 1.29 is 9.72 Å². The van der Waals surface area contributed by atoms with Crippen molar-refractivity contribution in [2.75, 3.05) is 26.2 Å². The number of benzene rings is 1. The first kappa shape index (κ1) is 17.4. The predicted octanol–water partition coefficient (Wildman–Crippen LogP) is 2.69. The molecule has 0 aliphatic carbocycles. The summed E-state index contributed by atoms with van der Waals surface area (Å²) in [5.41, 5.74) is 0.450. The number of carbonyl (C=O) groups is 1. The SMILES string of the molecule is C[C@@H]1C[C@H](C)CN(CCCNC(=O)c2ccc([N+](=O)[O-])cc2)C1. The maximum absolute atomic E-state index is 12.0. The Kier molecular flexibility index (Phi) is 6.10. The highest BCUT2D eigenvalue weighted by atomic mass is 16.6. The highest BCUT2D eigenvalue weighted by molar-refractivity contribution is 5.94. The van der Waals surface area contributed by atoms with E-state index in [1.165, 1.54) is 30.7 Å². The Morgan fingerprint density at radius 3 is 2.43 bits per heavy atom. The van der Waals surface area contributed by atoms with Crippen LogP contribution in [0.3, 0.4) is 0 Å². The molecular weight excluding hydrogens is 294 g/mol. The third kappa shape index (κ3) is 5.32. The summed E-state index contributed by atoms with van der Waals surface area (Å²) >= 11 is 0. The third-order valence-electron chi connectivity index (χ3n) is 4.22. The number of amides is 1. The molecule has 0 radical (unpaired) electrons. The summed E-state index contributed by atoms with van der Waals surface area (Å²) < 4.78 is 0. The summed E-state index contributed by atoms with van der Waals surface area (Å²) in [5, 5.41) is 13.5. The van der Waals surface area contributed by atoms with Gasteiger partial charge < -0.3 is 10.2 Å². The molecule has 6 nitrogen and oxygen atoms in total. The molecule has 1 aromatic carbocycles. The van der Waals surface area contributed by atoms with Crippen molar-refractivity contribution in [3.63, 3.8) is 0 Å². The van der Waals surface area contributed by atoms with Crippen molar-refractivity contribution in [3.05, 3.63) is 39.9 Å². The molecule has 1 fully saturated rings. The maximum Gasteiger partial charge on any atom is 0.269 e. The lowest BCUT2D eigenvalue weighted by Crippen LogP contribution is -2.40. The number of carbonyl (C=O) groups excluding carboxylic acids is 1. The molecule has 0 unspecified atom stereocenters. The summed E-state index contributed by atoms with van der Waals surface area (Å²) in [6, 6.07) is 5.68. The van der Waals surface area contributed by atoms with Crippen LogP contribution in [0, 0.1) is 22.0 Å². The van der Waals surface area contributed by atoms with Crippen molar-refractivity contribution in [1.82, 2.24) is 10.2 Å². The molecule has 1 N–H and O–H groups in total. The van der Waals surface area contributed by atoms with E-state index < -0.39 is 4.92 Å². The molecule has 2 atom stereocenters. The van der Waals surface area contributed by atoms with Gasteiger partial charge in [0.15, 0.2) is 0 Å². The van der Waals surface area contributed by atoms with Crippen molar-refractivity contribution in [1.29, 1.82) is 0 Å². The van der Waals surface area contributed by atoms with Gasteiger partial charge in [-0.05, 0) is 43.4 Å². The Morgan fingerprint density at radius 2 is 1.87 bits per heavy atom. The third-order valence-corrected chi connectivity index (χ3v) is 4.22. The molecule has 1 amide bonds. The van der Waals surface area contributed by atoms with Crippen LogP contribution < -0.4 is 5.32 Å². The molecule has 0 aromatic heterocycles. The van der Waals surface area contributed by atoms with Gasteiger partial charge in [0.1, 0.15) is 0 Å². The number of hydrogen-bond donors (Lipinski definition) is 1.